The van der Waals surface area contributed by atoms with Gasteiger partial charge in [-0.1, -0.05) is 37.6 Å². The van der Waals surface area contributed by atoms with Crippen molar-refractivity contribution in [2.45, 2.75) is 19.8 Å². The molecule has 0 aliphatic rings. The van der Waals surface area contributed by atoms with E-state index >= 15 is 0 Å². The molecule has 2 N–H and O–H groups in total. The Kier molecular flexibility index (Phi) is 7.97. The largest absolute Gasteiger partial charge is 0.462 e. The molecule has 146 valence electrons. The summed E-state index contributed by atoms with van der Waals surface area (Å²) in [5.74, 6) is -1.16. The van der Waals surface area contributed by atoms with Crippen molar-refractivity contribution >= 4 is 23.3 Å². The van der Waals surface area contributed by atoms with E-state index in [0.29, 0.717) is 23.5 Å². The van der Waals surface area contributed by atoms with Crippen LogP contribution in [0.25, 0.3) is 0 Å². The molecule has 0 saturated carbocycles. The summed E-state index contributed by atoms with van der Waals surface area (Å²) in [7, 11) is 0. The molecule has 29 heavy (non-hydrogen) atoms. The maximum Gasteiger partial charge on any atom is 0.340 e. The lowest BCUT2D eigenvalue weighted by atomic mass is 10.1. The number of ether oxygens (including phenoxy) is 1. The van der Waals surface area contributed by atoms with Crippen LogP contribution in [0.3, 0.4) is 0 Å². The number of hydrogen-bond donors (Lipinski definition) is 2. The molecule has 2 aromatic carbocycles. The Balaban J connectivity index is 2.15. The first kappa shape index (κ1) is 21.2. The van der Waals surface area contributed by atoms with Gasteiger partial charge in [0, 0.05) is 6.20 Å². The number of esters is 1. The summed E-state index contributed by atoms with van der Waals surface area (Å²) in [5, 5.41) is 23.8. The van der Waals surface area contributed by atoms with Gasteiger partial charge in [-0.25, -0.2) is 4.79 Å². The Bertz CT molecular complexity index is 1000. The van der Waals surface area contributed by atoms with E-state index in [9.17, 15) is 14.9 Å². The first-order valence-corrected chi connectivity index (χ1v) is 9.04. The van der Waals surface area contributed by atoms with Crippen LogP contribution in [0.4, 0.5) is 11.4 Å². The minimum atomic E-state index is -0.675. The highest BCUT2D eigenvalue weighted by molar-refractivity contribution is 6.07. The molecule has 0 spiro atoms. The molecule has 0 aliphatic heterocycles. The molecule has 0 aromatic heterocycles. The lowest BCUT2D eigenvalue weighted by Crippen LogP contribution is -2.16. The average molecular weight is 388 g/mol. The van der Waals surface area contributed by atoms with Crippen molar-refractivity contribution in [1.29, 1.82) is 10.5 Å². The molecule has 0 aliphatic carbocycles. The van der Waals surface area contributed by atoms with Gasteiger partial charge in [0.1, 0.15) is 17.7 Å². The number of nitriles is 2. The molecule has 0 fully saturated rings. The van der Waals surface area contributed by atoms with E-state index < -0.39 is 11.9 Å². The predicted molar refractivity (Wildman–Crippen MR) is 109 cm³/mol. The monoisotopic (exact) mass is 388 g/mol. The maximum atomic E-state index is 12.4. The number of carbonyl (C=O) groups excluding carboxylic acids is 2. The smallest absolute Gasteiger partial charge is 0.340 e. The molecule has 0 radical (unpaired) electrons. The Hall–Kier alpha value is -4.10. The van der Waals surface area contributed by atoms with Crippen LogP contribution in [0, 0.1) is 22.7 Å². The third kappa shape index (κ3) is 5.95. The van der Waals surface area contributed by atoms with Crippen molar-refractivity contribution in [3.8, 4) is 12.1 Å². The highest BCUT2D eigenvalue weighted by Crippen LogP contribution is 2.18. The summed E-state index contributed by atoms with van der Waals surface area (Å²) in [4.78, 5) is 24.6. The summed E-state index contributed by atoms with van der Waals surface area (Å²) in [6, 6.07) is 16.9. The number of unbranched alkanes of at least 4 members (excludes halogenated alkanes) is 1. The van der Waals surface area contributed by atoms with Gasteiger partial charge in [-0.15, -0.1) is 0 Å². The zero-order valence-corrected chi connectivity index (χ0v) is 15.9. The SMILES string of the molecule is CCCCOC(=O)c1ccccc1N/C=C(/C#N)C(=O)Nc1ccccc1C#N. The Labute approximate surface area is 169 Å². The van der Waals surface area contributed by atoms with E-state index in [1.807, 2.05) is 19.1 Å². The average Bonchev–Trinajstić information content (AvgIpc) is 2.75. The second kappa shape index (κ2) is 10.9. The van der Waals surface area contributed by atoms with Crippen molar-refractivity contribution in [3.63, 3.8) is 0 Å². The van der Waals surface area contributed by atoms with Gasteiger partial charge in [-0.2, -0.15) is 10.5 Å². The molecule has 0 atom stereocenters. The number of benzene rings is 2. The van der Waals surface area contributed by atoms with Gasteiger partial charge in [0.05, 0.1) is 29.1 Å². The minimum Gasteiger partial charge on any atom is -0.462 e. The fourth-order valence-electron chi connectivity index (χ4n) is 2.35. The molecule has 0 bridgehead atoms. The number of anilines is 2. The highest BCUT2D eigenvalue weighted by Gasteiger charge is 2.14. The van der Waals surface area contributed by atoms with Crippen LogP contribution in [-0.4, -0.2) is 18.5 Å². The number of rotatable bonds is 8. The normalized spacial score (nSPS) is 10.4. The third-order valence-corrected chi connectivity index (χ3v) is 3.91. The molecular formula is C22H20N4O3. The number of nitrogens with zero attached hydrogens (tertiary/aromatic N) is 2. The standard InChI is InChI=1S/C22H20N4O3/c1-2-3-12-29-22(28)18-9-5-7-11-20(18)25-15-17(14-24)21(27)26-19-10-6-4-8-16(19)13-23/h4-11,15,25H,2-3,12H2,1H3,(H,26,27)/b17-15-. The maximum absolute atomic E-state index is 12.4. The summed E-state index contributed by atoms with van der Waals surface area (Å²) < 4.78 is 5.22. The van der Waals surface area contributed by atoms with Crippen LogP contribution in [0.1, 0.15) is 35.7 Å². The van der Waals surface area contributed by atoms with Gasteiger partial charge in [-0.3, -0.25) is 4.79 Å². The second-order valence-electron chi connectivity index (χ2n) is 5.96. The summed E-state index contributed by atoms with van der Waals surface area (Å²) in [6.07, 6.45) is 2.89. The quantitative estimate of drug-likeness (QED) is 0.306. The van der Waals surface area contributed by atoms with Crippen molar-refractivity contribution in [2.24, 2.45) is 0 Å². The van der Waals surface area contributed by atoms with Crippen molar-refractivity contribution < 1.29 is 14.3 Å². The third-order valence-electron chi connectivity index (χ3n) is 3.91. The summed E-state index contributed by atoms with van der Waals surface area (Å²) in [6.45, 7) is 2.32. The lowest BCUT2D eigenvalue weighted by Gasteiger charge is -2.10. The van der Waals surface area contributed by atoms with Gasteiger partial charge in [0.25, 0.3) is 5.91 Å². The molecule has 7 nitrogen and oxygen atoms in total. The van der Waals surface area contributed by atoms with E-state index in [0.717, 1.165) is 12.8 Å². The minimum absolute atomic E-state index is 0.216. The summed E-state index contributed by atoms with van der Waals surface area (Å²) >= 11 is 0. The van der Waals surface area contributed by atoms with Crippen LogP contribution in [-0.2, 0) is 9.53 Å². The number of nitrogens with one attached hydrogen (secondary N) is 2. The lowest BCUT2D eigenvalue weighted by molar-refractivity contribution is -0.112. The zero-order valence-electron chi connectivity index (χ0n) is 15.9. The van der Waals surface area contributed by atoms with E-state index in [4.69, 9.17) is 10.00 Å². The molecular weight excluding hydrogens is 368 g/mol. The number of para-hydroxylation sites is 2. The molecule has 0 saturated heterocycles. The second-order valence-corrected chi connectivity index (χ2v) is 5.96. The van der Waals surface area contributed by atoms with Crippen molar-refractivity contribution in [2.75, 3.05) is 17.2 Å². The van der Waals surface area contributed by atoms with Crippen LogP contribution in [0.2, 0.25) is 0 Å². The fourth-order valence-corrected chi connectivity index (χ4v) is 2.35. The molecule has 7 heteroatoms. The van der Waals surface area contributed by atoms with E-state index in [-0.39, 0.29) is 11.1 Å². The van der Waals surface area contributed by atoms with E-state index in [2.05, 4.69) is 10.6 Å². The van der Waals surface area contributed by atoms with Crippen molar-refractivity contribution in [1.82, 2.24) is 0 Å². The Morgan fingerprint density at radius 1 is 1.07 bits per heavy atom. The van der Waals surface area contributed by atoms with Gasteiger partial charge >= 0.3 is 5.97 Å². The molecule has 2 rings (SSSR count). The van der Waals surface area contributed by atoms with Gasteiger partial charge in [0.15, 0.2) is 0 Å². The topological polar surface area (TPSA) is 115 Å². The van der Waals surface area contributed by atoms with Gasteiger partial charge < -0.3 is 15.4 Å². The molecule has 1 amide bonds. The van der Waals surface area contributed by atoms with Crippen molar-refractivity contribution in [3.05, 3.63) is 71.4 Å². The highest BCUT2D eigenvalue weighted by atomic mass is 16.5. The molecule has 2 aromatic rings. The summed E-state index contributed by atoms with van der Waals surface area (Å²) in [5.41, 5.74) is 1.08. The number of carbonyl (C=O) groups is 2. The molecule has 0 heterocycles. The van der Waals surface area contributed by atoms with Crippen LogP contribution in [0.5, 0.6) is 0 Å². The zero-order chi connectivity index (χ0) is 21.1. The predicted octanol–water partition coefficient (Wildman–Crippen LogP) is 3.97. The number of hydrogen-bond acceptors (Lipinski definition) is 6. The first-order valence-electron chi connectivity index (χ1n) is 9.04. The van der Waals surface area contributed by atoms with E-state index in [1.54, 1.807) is 48.5 Å². The molecule has 0 unspecified atom stereocenters. The van der Waals surface area contributed by atoms with Gasteiger partial charge in [-0.05, 0) is 30.7 Å². The van der Waals surface area contributed by atoms with Crippen LogP contribution < -0.4 is 10.6 Å². The van der Waals surface area contributed by atoms with E-state index in [1.165, 1.54) is 6.20 Å². The Morgan fingerprint density at radius 3 is 2.45 bits per heavy atom. The first-order chi connectivity index (χ1) is 14.1. The van der Waals surface area contributed by atoms with Crippen LogP contribution in [0.15, 0.2) is 60.3 Å². The Morgan fingerprint density at radius 2 is 1.76 bits per heavy atom. The van der Waals surface area contributed by atoms with Gasteiger partial charge in [0.2, 0.25) is 0 Å². The number of amides is 1. The fraction of sp³-hybridized carbons (Fsp3) is 0.182. The van der Waals surface area contributed by atoms with Crippen LogP contribution >= 0.6 is 0 Å².